The number of fused-ring (bicyclic) bond motifs is 6. The number of hydrogen-bond acceptors (Lipinski definition) is 0. The Hall–Kier alpha value is -5.34. The topological polar surface area (TPSA) is 9.86 Å². The molecule has 228 valence electrons. The normalized spacial score (nSPS) is 17.8. The molecule has 9 rings (SSSR count). The van der Waals surface area contributed by atoms with Crippen LogP contribution in [-0.4, -0.2) is 9.13 Å². The summed E-state index contributed by atoms with van der Waals surface area (Å²) in [6, 6.07) is 36.0. The first-order valence-corrected chi connectivity index (χ1v) is 17.1. The van der Waals surface area contributed by atoms with Gasteiger partial charge >= 0.3 is 0 Å². The number of aromatic nitrogens is 2. The number of allylic oxidation sites excluding steroid dienone is 4. The van der Waals surface area contributed by atoms with E-state index >= 15 is 0 Å². The Kier molecular flexibility index (Phi) is 6.64. The van der Waals surface area contributed by atoms with E-state index in [4.69, 9.17) is 0 Å². The lowest BCUT2D eigenvalue weighted by Gasteiger charge is -2.21. The molecule has 2 atom stereocenters. The monoisotopic (exact) mass is 606 g/mol. The minimum Gasteiger partial charge on any atom is -0.313 e. The van der Waals surface area contributed by atoms with E-state index in [0.29, 0.717) is 11.8 Å². The molecule has 4 aromatic carbocycles. The minimum atomic E-state index is 0.454. The maximum absolute atomic E-state index is 2.52. The molecule has 0 bridgehead atoms. The van der Waals surface area contributed by atoms with Gasteiger partial charge < -0.3 is 9.13 Å². The molecule has 47 heavy (non-hydrogen) atoms. The van der Waals surface area contributed by atoms with E-state index in [-0.39, 0.29) is 0 Å². The zero-order chi connectivity index (χ0) is 31.5. The van der Waals surface area contributed by atoms with Crippen LogP contribution in [0.3, 0.4) is 0 Å². The van der Waals surface area contributed by atoms with Crippen molar-refractivity contribution in [2.45, 2.75) is 44.9 Å². The van der Waals surface area contributed by atoms with E-state index in [0.717, 1.165) is 19.3 Å². The van der Waals surface area contributed by atoms with Gasteiger partial charge in [0.2, 0.25) is 0 Å². The predicted octanol–water partition coefficient (Wildman–Crippen LogP) is 12.2. The van der Waals surface area contributed by atoms with E-state index in [2.05, 4.69) is 169 Å². The van der Waals surface area contributed by atoms with E-state index in [1.807, 2.05) is 0 Å². The lowest BCUT2D eigenvalue weighted by atomic mass is 9.91. The quantitative estimate of drug-likeness (QED) is 0.189. The highest BCUT2D eigenvalue weighted by Gasteiger charge is 2.26. The summed E-state index contributed by atoms with van der Waals surface area (Å²) in [6.45, 7) is 4.71. The summed E-state index contributed by atoms with van der Waals surface area (Å²) in [7, 11) is 0. The maximum atomic E-state index is 2.52. The fourth-order valence-electron chi connectivity index (χ4n) is 8.23. The summed E-state index contributed by atoms with van der Waals surface area (Å²) < 4.78 is 4.98. The number of nitrogens with zero attached hydrogens (tertiary/aromatic N) is 2. The Bertz CT molecular complexity index is 2310. The molecule has 0 fully saturated rings. The Balaban J connectivity index is 1.18. The lowest BCUT2D eigenvalue weighted by Crippen LogP contribution is -2.08. The van der Waals surface area contributed by atoms with E-state index in [1.54, 1.807) is 0 Å². The highest BCUT2D eigenvalue weighted by atomic mass is 15.0. The van der Waals surface area contributed by atoms with Gasteiger partial charge in [0.15, 0.2) is 0 Å². The second-order valence-electron chi connectivity index (χ2n) is 13.3. The summed E-state index contributed by atoms with van der Waals surface area (Å²) in [5.41, 5.74) is 16.8. The Morgan fingerprint density at radius 3 is 1.94 bits per heavy atom. The standard InChI is InChI=1S/C45H38N2/c1-30-14-11-27-43-44(30)40-23-8-9-26-42(40)46(43)34-18-12-16-32(28-34)36-20-6-7-21-37(36)33-17-13-19-35(29-33)47-41-25-5-3-4-22-38(41)39-24-10-15-31(2)45(39)47/h4-13,16-31H,3,14-15H2,1-2H3. The molecule has 2 unspecified atom stereocenters. The molecule has 0 radical (unpaired) electrons. The van der Waals surface area contributed by atoms with Crippen LogP contribution in [-0.2, 0) is 0 Å². The van der Waals surface area contributed by atoms with Crippen molar-refractivity contribution in [3.05, 3.63) is 155 Å². The molecule has 0 N–H and O–H groups in total. The fraction of sp³-hybridized carbons (Fsp3) is 0.156. The maximum Gasteiger partial charge on any atom is 0.0537 e. The van der Waals surface area contributed by atoms with Gasteiger partial charge in [-0.1, -0.05) is 117 Å². The van der Waals surface area contributed by atoms with Crippen molar-refractivity contribution in [1.29, 1.82) is 0 Å². The van der Waals surface area contributed by atoms with Crippen molar-refractivity contribution in [3.8, 4) is 33.6 Å². The number of hydrogen-bond donors (Lipinski definition) is 0. The minimum absolute atomic E-state index is 0.454. The molecule has 0 spiro atoms. The van der Waals surface area contributed by atoms with Crippen LogP contribution in [0.1, 0.15) is 78.7 Å². The van der Waals surface area contributed by atoms with Crippen LogP contribution in [0, 0.1) is 0 Å². The molecule has 0 saturated carbocycles. The SMILES string of the molecule is CC1CC=Cc2c1c1ccccc1n2-c1cccc(-c2ccccc2-c2cccc(-n3c4c(c5c3C(C)CC=C5)C=CCC=C4)c2)c1. The molecular weight excluding hydrogens is 569 g/mol. The van der Waals surface area contributed by atoms with Crippen molar-refractivity contribution in [1.82, 2.24) is 9.13 Å². The van der Waals surface area contributed by atoms with Gasteiger partial charge in [-0.15, -0.1) is 0 Å². The van der Waals surface area contributed by atoms with Crippen molar-refractivity contribution in [2.24, 2.45) is 0 Å². The zero-order valence-electron chi connectivity index (χ0n) is 27.0. The predicted molar refractivity (Wildman–Crippen MR) is 200 cm³/mol. The van der Waals surface area contributed by atoms with Gasteiger partial charge in [0.1, 0.15) is 0 Å². The van der Waals surface area contributed by atoms with Crippen LogP contribution in [0.25, 0.3) is 68.8 Å². The first-order valence-electron chi connectivity index (χ1n) is 17.1. The van der Waals surface area contributed by atoms with Crippen LogP contribution in [0.4, 0.5) is 0 Å². The van der Waals surface area contributed by atoms with Crippen molar-refractivity contribution < 1.29 is 0 Å². The average Bonchev–Trinajstić information content (AvgIpc) is 3.51. The van der Waals surface area contributed by atoms with Gasteiger partial charge in [0.25, 0.3) is 0 Å². The third kappa shape index (κ3) is 4.47. The molecule has 3 aliphatic rings. The lowest BCUT2D eigenvalue weighted by molar-refractivity contribution is 0.716. The summed E-state index contributed by atoms with van der Waals surface area (Å²) in [6.07, 6.45) is 21.7. The third-order valence-corrected chi connectivity index (χ3v) is 10.4. The van der Waals surface area contributed by atoms with E-state index < -0.39 is 0 Å². The zero-order valence-corrected chi connectivity index (χ0v) is 27.0. The van der Waals surface area contributed by atoms with Gasteiger partial charge in [0.05, 0.1) is 11.2 Å². The van der Waals surface area contributed by atoms with E-state index in [9.17, 15) is 0 Å². The van der Waals surface area contributed by atoms with Crippen LogP contribution in [0.15, 0.2) is 121 Å². The Morgan fingerprint density at radius 2 is 1.15 bits per heavy atom. The molecule has 2 aromatic heterocycles. The smallest absolute Gasteiger partial charge is 0.0537 e. The van der Waals surface area contributed by atoms with Crippen molar-refractivity contribution in [2.75, 3.05) is 0 Å². The van der Waals surface area contributed by atoms with Gasteiger partial charge in [-0.3, -0.25) is 0 Å². The highest BCUT2D eigenvalue weighted by molar-refractivity contribution is 5.92. The Morgan fingerprint density at radius 1 is 0.532 bits per heavy atom. The second-order valence-corrected chi connectivity index (χ2v) is 13.3. The van der Waals surface area contributed by atoms with Crippen LogP contribution >= 0.6 is 0 Å². The van der Waals surface area contributed by atoms with Crippen LogP contribution in [0.5, 0.6) is 0 Å². The first kappa shape index (κ1) is 27.9. The van der Waals surface area contributed by atoms with Crippen LogP contribution < -0.4 is 0 Å². The van der Waals surface area contributed by atoms with Crippen molar-refractivity contribution in [3.63, 3.8) is 0 Å². The van der Waals surface area contributed by atoms with Gasteiger partial charge in [0, 0.05) is 45.2 Å². The molecule has 0 aliphatic heterocycles. The summed E-state index contributed by atoms with van der Waals surface area (Å²) in [4.78, 5) is 0. The molecule has 0 amide bonds. The van der Waals surface area contributed by atoms with Gasteiger partial charge in [-0.2, -0.15) is 0 Å². The summed E-state index contributed by atoms with van der Waals surface area (Å²) in [5, 5.41) is 1.36. The molecule has 3 aliphatic carbocycles. The number of para-hydroxylation sites is 1. The Labute approximate surface area is 277 Å². The van der Waals surface area contributed by atoms with Crippen LogP contribution in [0.2, 0.25) is 0 Å². The molecule has 6 aromatic rings. The number of rotatable bonds is 4. The van der Waals surface area contributed by atoms with E-state index in [1.165, 1.54) is 78.3 Å². The first-order chi connectivity index (χ1) is 23.2. The summed E-state index contributed by atoms with van der Waals surface area (Å²) in [5.74, 6) is 0.958. The average molecular weight is 607 g/mol. The largest absolute Gasteiger partial charge is 0.313 e. The van der Waals surface area contributed by atoms with Crippen molar-refractivity contribution >= 4 is 35.2 Å². The highest BCUT2D eigenvalue weighted by Crippen LogP contribution is 2.43. The van der Waals surface area contributed by atoms with Gasteiger partial charge in [-0.05, 0) is 95.5 Å². The fourth-order valence-corrected chi connectivity index (χ4v) is 8.23. The molecule has 2 heterocycles. The molecule has 0 saturated heterocycles. The third-order valence-electron chi connectivity index (χ3n) is 10.4. The second kappa shape index (κ2) is 11.2. The number of benzene rings is 4. The van der Waals surface area contributed by atoms with Gasteiger partial charge in [-0.25, -0.2) is 0 Å². The summed E-state index contributed by atoms with van der Waals surface area (Å²) >= 11 is 0. The molecule has 2 nitrogen and oxygen atoms in total. The molecular formula is C45H38N2. The molecule has 2 heteroatoms.